The lowest BCUT2D eigenvalue weighted by Gasteiger charge is -2.35. The van der Waals surface area contributed by atoms with Crippen molar-refractivity contribution < 1.29 is 33.4 Å². The van der Waals surface area contributed by atoms with Gasteiger partial charge in [0.2, 0.25) is 17.7 Å². The van der Waals surface area contributed by atoms with Gasteiger partial charge in [-0.15, -0.1) is 0 Å². The molecule has 0 unspecified atom stereocenters. The molecule has 4 amide bonds. The summed E-state index contributed by atoms with van der Waals surface area (Å²) in [6.45, 7) is 15.0. The first-order valence-corrected chi connectivity index (χ1v) is 17.7. The zero-order chi connectivity index (χ0) is 39.3. The van der Waals surface area contributed by atoms with Gasteiger partial charge in [-0.3, -0.25) is 19.2 Å². The molecule has 11 heteroatoms. The highest BCUT2D eigenvalue weighted by Crippen LogP contribution is 2.27. The van der Waals surface area contributed by atoms with Crippen molar-refractivity contribution >= 4 is 46.1 Å². The number of benzene rings is 3. The van der Waals surface area contributed by atoms with Crippen molar-refractivity contribution in [3.8, 4) is 0 Å². The zero-order valence-corrected chi connectivity index (χ0v) is 32.2. The van der Waals surface area contributed by atoms with Crippen LogP contribution in [0, 0.1) is 0 Å². The number of likely N-dealkylation sites (N-methyl/N-ethyl adjacent to an activating group) is 2. The van der Waals surface area contributed by atoms with Crippen LogP contribution in [0.4, 0.5) is 4.79 Å². The van der Waals surface area contributed by atoms with Crippen LogP contribution >= 0.6 is 0 Å². The van der Waals surface area contributed by atoms with Crippen LogP contribution in [0.3, 0.4) is 0 Å². The monoisotopic (exact) mass is 726 g/mol. The Morgan fingerprint density at radius 2 is 1.51 bits per heavy atom. The lowest BCUT2D eigenvalue weighted by molar-refractivity contribution is -0.144. The summed E-state index contributed by atoms with van der Waals surface area (Å²) in [6.07, 6.45) is 3.35. The van der Waals surface area contributed by atoms with Crippen molar-refractivity contribution in [2.45, 2.75) is 84.0 Å². The van der Waals surface area contributed by atoms with Gasteiger partial charge in [-0.2, -0.15) is 0 Å². The number of carbonyl (C=O) groups is 5. The molecule has 0 aliphatic heterocycles. The molecule has 2 N–H and O–H groups in total. The second-order valence-electron chi connectivity index (χ2n) is 14.7. The lowest BCUT2D eigenvalue weighted by Crippen LogP contribution is -2.55. The van der Waals surface area contributed by atoms with E-state index in [9.17, 15) is 24.0 Å². The van der Waals surface area contributed by atoms with Gasteiger partial charge in [-0.1, -0.05) is 79.4 Å². The fourth-order valence-electron chi connectivity index (χ4n) is 5.63. The van der Waals surface area contributed by atoms with E-state index >= 15 is 0 Å². The molecule has 3 aromatic carbocycles. The molecule has 53 heavy (non-hydrogen) atoms. The van der Waals surface area contributed by atoms with Gasteiger partial charge < -0.3 is 29.9 Å². The largest absolute Gasteiger partial charge is 0.466 e. The fourth-order valence-corrected chi connectivity index (χ4v) is 5.63. The molecule has 0 bridgehead atoms. The van der Waals surface area contributed by atoms with E-state index < -0.39 is 53.0 Å². The summed E-state index contributed by atoms with van der Waals surface area (Å²) < 4.78 is 10.4. The van der Waals surface area contributed by atoms with Gasteiger partial charge in [0.15, 0.2) is 0 Å². The highest BCUT2D eigenvalue weighted by molar-refractivity contribution is 6.02. The highest BCUT2D eigenvalue weighted by Gasteiger charge is 2.36. The molecule has 0 aromatic heterocycles. The fraction of sp³-hybridized carbons (Fsp3) is 0.405. The quantitative estimate of drug-likeness (QED) is 0.104. The van der Waals surface area contributed by atoms with Crippen molar-refractivity contribution in [3.63, 3.8) is 0 Å². The molecule has 0 saturated carbocycles. The van der Waals surface area contributed by atoms with Crippen LogP contribution in [0.25, 0.3) is 16.3 Å². The summed E-state index contributed by atoms with van der Waals surface area (Å²) in [5, 5.41) is 7.64. The number of hydrogen-bond acceptors (Lipinski definition) is 7. The predicted molar refractivity (Wildman–Crippen MR) is 208 cm³/mol. The van der Waals surface area contributed by atoms with E-state index in [2.05, 4.69) is 17.2 Å². The average Bonchev–Trinajstić information content (AvgIpc) is 3.08. The first-order chi connectivity index (χ1) is 24.9. The van der Waals surface area contributed by atoms with Gasteiger partial charge in [0.25, 0.3) is 0 Å². The predicted octanol–water partition coefficient (Wildman–Crippen LogP) is 6.07. The Labute approximate surface area is 313 Å². The van der Waals surface area contributed by atoms with Gasteiger partial charge >= 0.3 is 12.1 Å². The summed E-state index contributed by atoms with van der Waals surface area (Å²) in [5.41, 5.74) is 0.480. The molecule has 284 valence electrons. The molecular weight excluding hydrogens is 672 g/mol. The molecule has 0 fully saturated rings. The van der Waals surface area contributed by atoms with Crippen LogP contribution < -0.4 is 10.6 Å². The normalized spacial score (nSPS) is 12.8. The van der Waals surface area contributed by atoms with E-state index in [1.54, 1.807) is 33.9 Å². The Kier molecular flexibility index (Phi) is 14.9. The van der Waals surface area contributed by atoms with Crippen molar-refractivity contribution in [1.29, 1.82) is 0 Å². The van der Waals surface area contributed by atoms with Gasteiger partial charge in [-0.05, 0) is 87.1 Å². The molecule has 2 atom stereocenters. The molecule has 0 aliphatic rings. The maximum absolute atomic E-state index is 14.7. The van der Waals surface area contributed by atoms with Gasteiger partial charge in [0, 0.05) is 39.5 Å². The number of amides is 4. The number of rotatable bonds is 16. The molecule has 3 aromatic rings. The third kappa shape index (κ3) is 13.2. The van der Waals surface area contributed by atoms with Crippen molar-refractivity contribution in [2.24, 2.45) is 0 Å². The Bertz CT molecular complexity index is 1800. The second-order valence-corrected chi connectivity index (χ2v) is 14.7. The summed E-state index contributed by atoms with van der Waals surface area (Å²) in [7, 11) is 3.08. The number of fused-ring (bicyclic) bond motifs is 1. The van der Waals surface area contributed by atoms with Crippen LogP contribution in [0.5, 0.6) is 0 Å². The zero-order valence-electron chi connectivity index (χ0n) is 32.2. The number of hydrogen-bond donors (Lipinski definition) is 2. The average molecular weight is 727 g/mol. The first-order valence-electron chi connectivity index (χ1n) is 17.7. The molecule has 0 saturated heterocycles. The van der Waals surface area contributed by atoms with Crippen LogP contribution in [-0.4, -0.2) is 90.1 Å². The molecule has 0 heterocycles. The Balaban J connectivity index is 1.93. The van der Waals surface area contributed by atoms with Crippen LogP contribution in [0.15, 0.2) is 91.5 Å². The summed E-state index contributed by atoms with van der Waals surface area (Å²) in [4.78, 5) is 68.5. The molecule has 3 rings (SSSR count). The number of ether oxygens (including phenoxy) is 2. The smallest absolute Gasteiger partial charge is 0.408 e. The minimum atomic E-state index is -1.18. The van der Waals surface area contributed by atoms with E-state index in [-0.39, 0.29) is 19.6 Å². The van der Waals surface area contributed by atoms with Crippen molar-refractivity contribution in [1.82, 2.24) is 20.4 Å². The summed E-state index contributed by atoms with van der Waals surface area (Å²) in [5.74, 6) is -1.77. The maximum atomic E-state index is 14.7. The van der Waals surface area contributed by atoms with Crippen molar-refractivity contribution in [3.05, 3.63) is 103 Å². The van der Waals surface area contributed by atoms with E-state index in [4.69, 9.17) is 9.47 Å². The topological polar surface area (TPSA) is 134 Å². The molecular formula is C42H54N4O7. The van der Waals surface area contributed by atoms with Crippen molar-refractivity contribution in [2.75, 3.05) is 27.2 Å². The van der Waals surface area contributed by atoms with Gasteiger partial charge in [-0.25, -0.2) is 4.79 Å². The second kappa shape index (κ2) is 18.9. The SMILES string of the molecule is C=C(c1ccc2ccccc2c1)[C@H](C(=O)N(C)[C@H](Cc1ccccc1)C(=O)NCCCOC(C)=O)N(C)C(=O)/C=C/CC(C)(C)NC(=O)OC(C)(C)C. The number of carbonyl (C=O) groups excluding carboxylic acids is 5. The molecule has 11 nitrogen and oxygen atoms in total. The summed E-state index contributed by atoms with van der Waals surface area (Å²) in [6, 6.07) is 20.8. The highest BCUT2D eigenvalue weighted by atomic mass is 16.6. The maximum Gasteiger partial charge on any atom is 0.408 e. The molecule has 0 radical (unpaired) electrons. The number of alkyl carbamates (subject to hydrolysis) is 1. The molecule has 0 spiro atoms. The minimum absolute atomic E-state index is 0.149. The van der Waals surface area contributed by atoms with E-state index in [1.807, 2.05) is 86.6 Å². The van der Waals surface area contributed by atoms with Crippen LogP contribution in [0.1, 0.15) is 65.5 Å². The van der Waals surface area contributed by atoms with Crippen LogP contribution in [0.2, 0.25) is 0 Å². The minimum Gasteiger partial charge on any atom is -0.466 e. The van der Waals surface area contributed by atoms with E-state index in [0.29, 0.717) is 24.0 Å². The third-order valence-corrected chi connectivity index (χ3v) is 8.46. The standard InChI is InChI=1S/C42H54N4O7/c1-29(33-23-22-32-19-13-14-20-34(32)28-33)37(46(9)36(48)21-15-24-42(6,7)44-40(51)53-41(3,4)5)39(50)45(8)35(27-31-17-11-10-12-18-31)38(49)43-25-16-26-52-30(2)47/h10-15,17-23,28,35,37H,1,16,24-27H2,2-9H3,(H,43,49)(H,44,51)/b21-15+/t35-,37-/m1/s1. The van der Waals surface area contributed by atoms with E-state index in [0.717, 1.165) is 16.3 Å². The number of esters is 1. The van der Waals surface area contributed by atoms with Gasteiger partial charge in [0.1, 0.15) is 17.7 Å². The Hall–Kier alpha value is -5.45. The first kappa shape index (κ1) is 42.0. The van der Waals surface area contributed by atoms with E-state index in [1.165, 1.54) is 29.8 Å². The van der Waals surface area contributed by atoms with Gasteiger partial charge in [0.05, 0.1) is 6.61 Å². The third-order valence-electron chi connectivity index (χ3n) is 8.46. The number of nitrogens with one attached hydrogen (secondary N) is 2. The number of nitrogens with zero attached hydrogens (tertiary/aromatic N) is 2. The Morgan fingerprint density at radius 3 is 2.15 bits per heavy atom. The summed E-state index contributed by atoms with van der Waals surface area (Å²) >= 11 is 0. The Morgan fingerprint density at radius 1 is 0.868 bits per heavy atom. The molecule has 0 aliphatic carbocycles. The van der Waals surface area contributed by atoms with Crippen LogP contribution in [-0.2, 0) is 35.1 Å². The lowest BCUT2D eigenvalue weighted by atomic mass is 9.94.